The van der Waals surface area contributed by atoms with Crippen molar-refractivity contribution in [2.24, 2.45) is 5.73 Å². The van der Waals surface area contributed by atoms with Gasteiger partial charge in [0.25, 0.3) is 0 Å². The highest BCUT2D eigenvalue weighted by molar-refractivity contribution is 6.30. The number of amides is 1. The van der Waals surface area contributed by atoms with E-state index >= 15 is 0 Å². The highest BCUT2D eigenvalue weighted by Crippen LogP contribution is 2.20. The summed E-state index contributed by atoms with van der Waals surface area (Å²) in [5.74, 6) is 0.115. The van der Waals surface area contributed by atoms with Crippen LogP contribution in [0.15, 0.2) is 24.3 Å². The third-order valence-corrected chi connectivity index (χ3v) is 3.59. The predicted molar refractivity (Wildman–Crippen MR) is 92.0 cm³/mol. The van der Waals surface area contributed by atoms with Gasteiger partial charge in [0.2, 0.25) is 5.91 Å². The number of carbonyl (C=O) groups excluding carboxylic acids is 1. The Morgan fingerprint density at radius 3 is 2.62 bits per heavy atom. The van der Waals surface area contributed by atoms with Crippen LogP contribution in [0.4, 0.5) is 0 Å². The first kappa shape index (κ1) is 20.2. The van der Waals surface area contributed by atoms with Crippen LogP contribution in [0.5, 0.6) is 0 Å². The van der Waals surface area contributed by atoms with Gasteiger partial charge in [0.1, 0.15) is 0 Å². The Bertz CT molecular complexity index is 413. The van der Waals surface area contributed by atoms with Crippen LogP contribution in [0.2, 0.25) is 5.02 Å². The van der Waals surface area contributed by atoms with Gasteiger partial charge in [-0.15, -0.1) is 12.4 Å². The Kier molecular flexibility index (Phi) is 11.4. The topological polar surface area (TPSA) is 55.1 Å². The molecule has 1 amide bonds. The number of nitrogens with two attached hydrogens (primary N) is 1. The van der Waals surface area contributed by atoms with E-state index in [2.05, 4.69) is 12.2 Å². The van der Waals surface area contributed by atoms with Crippen LogP contribution in [0.1, 0.15) is 57.1 Å². The van der Waals surface area contributed by atoms with Gasteiger partial charge in [-0.25, -0.2) is 0 Å². The van der Waals surface area contributed by atoms with Crippen molar-refractivity contribution < 1.29 is 4.79 Å². The van der Waals surface area contributed by atoms with Gasteiger partial charge in [-0.2, -0.15) is 0 Å². The molecule has 0 aromatic heterocycles. The second kappa shape index (κ2) is 11.8. The first-order valence-electron chi connectivity index (χ1n) is 7.42. The Balaban J connectivity index is 0.00000400. The van der Waals surface area contributed by atoms with E-state index in [1.165, 1.54) is 0 Å². The van der Waals surface area contributed by atoms with Gasteiger partial charge in [-0.3, -0.25) is 4.79 Å². The number of unbranched alkanes of at least 4 members (excludes halogenated alkanes) is 3. The van der Waals surface area contributed by atoms with E-state index in [4.69, 9.17) is 17.3 Å². The average Bonchev–Trinajstić information content (AvgIpc) is 2.44. The number of carbonyl (C=O) groups is 1. The van der Waals surface area contributed by atoms with Gasteiger partial charge in [-0.1, -0.05) is 43.5 Å². The van der Waals surface area contributed by atoms with Crippen molar-refractivity contribution in [1.82, 2.24) is 5.32 Å². The summed E-state index contributed by atoms with van der Waals surface area (Å²) in [6, 6.07) is 7.72. The molecule has 21 heavy (non-hydrogen) atoms. The molecule has 0 heterocycles. The zero-order valence-corrected chi connectivity index (χ0v) is 14.2. The summed E-state index contributed by atoms with van der Waals surface area (Å²) in [6.45, 7) is 2.80. The Morgan fingerprint density at radius 2 is 2.00 bits per heavy atom. The second-order valence-electron chi connectivity index (χ2n) is 5.04. The lowest BCUT2D eigenvalue weighted by atomic mass is 10.0. The van der Waals surface area contributed by atoms with E-state index in [0.29, 0.717) is 11.4 Å². The van der Waals surface area contributed by atoms with Crippen LogP contribution < -0.4 is 11.1 Å². The maximum absolute atomic E-state index is 11.9. The summed E-state index contributed by atoms with van der Waals surface area (Å²) in [5.41, 5.74) is 6.51. The van der Waals surface area contributed by atoms with Crippen molar-refractivity contribution in [3.8, 4) is 0 Å². The molecule has 5 heteroatoms. The lowest BCUT2D eigenvalue weighted by molar-refractivity contribution is -0.122. The molecule has 1 rings (SSSR count). The molecule has 1 aromatic carbocycles. The highest BCUT2D eigenvalue weighted by atomic mass is 35.5. The van der Waals surface area contributed by atoms with Crippen molar-refractivity contribution >= 4 is 29.9 Å². The van der Waals surface area contributed by atoms with Crippen molar-refractivity contribution in [3.05, 3.63) is 34.9 Å². The minimum Gasteiger partial charge on any atom is -0.349 e. The number of halogens is 2. The van der Waals surface area contributed by atoms with Gasteiger partial charge in [0.05, 0.1) is 6.04 Å². The fourth-order valence-corrected chi connectivity index (χ4v) is 2.39. The quantitative estimate of drug-likeness (QED) is 0.664. The third-order valence-electron chi connectivity index (χ3n) is 3.35. The first-order chi connectivity index (χ1) is 9.67. The van der Waals surface area contributed by atoms with Gasteiger partial charge >= 0.3 is 0 Å². The highest BCUT2D eigenvalue weighted by Gasteiger charge is 2.12. The summed E-state index contributed by atoms with van der Waals surface area (Å²) in [4.78, 5) is 11.9. The Labute approximate surface area is 139 Å². The maximum Gasteiger partial charge on any atom is 0.220 e. The first-order valence-corrected chi connectivity index (χ1v) is 7.80. The average molecular weight is 333 g/mol. The summed E-state index contributed by atoms with van der Waals surface area (Å²) in [7, 11) is 0. The molecule has 0 saturated carbocycles. The molecule has 0 bridgehead atoms. The van der Waals surface area contributed by atoms with Crippen LogP contribution in [-0.2, 0) is 4.79 Å². The minimum absolute atomic E-state index is 0. The molecule has 3 N–H and O–H groups in total. The Morgan fingerprint density at radius 1 is 1.29 bits per heavy atom. The van der Waals surface area contributed by atoms with Crippen LogP contribution in [0.25, 0.3) is 0 Å². The summed E-state index contributed by atoms with van der Waals surface area (Å²) in [5, 5.41) is 3.78. The van der Waals surface area contributed by atoms with Crippen LogP contribution in [0, 0.1) is 0 Å². The molecule has 0 radical (unpaired) electrons. The third kappa shape index (κ3) is 8.30. The van der Waals surface area contributed by atoms with E-state index < -0.39 is 0 Å². The van der Waals surface area contributed by atoms with Gasteiger partial charge in [-0.05, 0) is 43.5 Å². The number of hydrogen-bond donors (Lipinski definition) is 2. The number of nitrogens with one attached hydrogen (secondary N) is 1. The molecule has 0 aliphatic carbocycles. The fraction of sp³-hybridized carbons (Fsp3) is 0.562. The summed E-state index contributed by atoms with van der Waals surface area (Å²) < 4.78 is 0. The van der Waals surface area contributed by atoms with Crippen molar-refractivity contribution in [3.63, 3.8) is 0 Å². The van der Waals surface area contributed by atoms with E-state index in [0.717, 1.165) is 44.2 Å². The molecule has 1 unspecified atom stereocenters. The number of benzene rings is 1. The van der Waals surface area contributed by atoms with Gasteiger partial charge < -0.3 is 11.1 Å². The van der Waals surface area contributed by atoms with Crippen molar-refractivity contribution in [2.45, 2.75) is 51.5 Å². The molecule has 0 fully saturated rings. The zero-order valence-electron chi connectivity index (χ0n) is 12.6. The van der Waals surface area contributed by atoms with E-state index in [1.807, 2.05) is 24.3 Å². The molecular weight excluding hydrogens is 307 g/mol. The van der Waals surface area contributed by atoms with Crippen molar-refractivity contribution in [1.29, 1.82) is 0 Å². The molecule has 0 spiro atoms. The monoisotopic (exact) mass is 332 g/mol. The lowest BCUT2D eigenvalue weighted by Crippen LogP contribution is -2.27. The molecular formula is C16H26Cl2N2O. The van der Waals surface area contributed by atoms with E-state index in [9.17, 15) is 4.79 Å². The molecule has 0 saturated heterocycles. The standard InChI is InChI=1S/C16H25ClN2O.ClH/c1-2-15(13-8-7-9-14(17)12-13)19-16(20)10-5-3-4-6-11-18;/h7-9,12,15H,2-6,10-11,18H2,1H3,(H,19,20);1H. The zero-order chi connectivity index (χ0) is 14.8. The summed E-state index contributed by atoms with van der Waals surface area (Å²) >= 11 is 5.99. The number of hydrogen-bond acceptors (Lipinski definition) is 2. The normalized spacial score (nSPS) is 11.6. The maximum atomic E-state index is 11.9. The lowest BCUT2D eigenvalue weighted by Gasteiger charge is -2.17. The molecule has 0 aliphatic rings. The van der Waals surface area contributed by atoms with Gasteiger partial charge in [0.15, 0.2) is 0 Å². The molecule has 0 aliphatic heterocycles. The van der Waals surface area contributed by atoms with E-state index in [1.54, 1.807) is 0 Å². The smallest absolute Gasteiger partial charge is 0.220 e. The van der Waals surface area contributed by atoms with Gasteiger partial charge in [0, 0.05) is 11.4 Å². The van der Waals surface area contributed by atoms with E-state index in [-0.39, 0.29) is 24.4 Å². The molecule has 1 atom stereocenters. The SMILES string of the molecule is CCC(NC(=O)CCCCCCN)c1cccc(Cl)c1.Cl. The van der Waals surface area contributed by atoms with Crippen LogP contribution in [0.3, 0.4) is 0 Å². The molecule has 1 aromatic rings. The van der Waals surface area contributed by atoms with Crippen molar-refractivity contribution in [2.75, 3.05) is 6.54 Å². The molecule has 3 nitrogen and oxygen atoms in total. The van der Waals surface area contributed by atoms with Crippen LogP contribution in [-0.4, -0.2) is 12.5 Å². The van der Waals surface area contributed by atoms with Crippen LogP contribution >= 0.6 is 24.0 Å². The fourth-order valence-electron chi connectivity index (χ4n) is 2.19. The Hall–Kier alpha value is -0.770. The number of rotatable bonds is 9. The largest absolute Gasteiger partial charge is 0.349 e. The summed E-state index contributed by atoms with van der Waals surface area (Å²) in [6.07, 6.45) is 5.59. The molecule has 120 valence electrons. The second-order valence-corrected chi connectivity index (χ2v) is 5.47. The predicted octanol–water partition coefficient (Wildman–Crippen LogP) is 4.24. The minimum atomic E-state index is 0.